The van der Waals surface area contributed by atoms with E-state index in [4.69, 9.17) is 9.47 Å². The van der Waals surface area contributed by atoms with E-state index in [1.165, 1.54) is 31.2 Å². The summed E-state index contributed by atoms with van der Waals surface area (Å²) in [6.07, 6.45) is 0.450. The van der Waals surface area contributed by atoms with Crippen LogP contribution in [0.1, 0.15) is 22.8 Å². The lowest BCUT2D eigenvalue weighted by atomic mass is 10.1. The molecule has 0 aliphatic carbocycles. The molecule has 6 nitrogen and oxygen atoms in total. The lowest BCUT2D eigenvalue weighted by Gasteiger charge is -2.13. The second-order valence-corrected chi connectivity index (χ2v) is 7.15. The summed E-state index contributed by atoms with van der Waals surface area (Å²) in [6, 6.07) is 11.3. The predicted molar refractivity (Wildman–Crippen MR) is 94.9 cm³/mol. The van der Waals surface area contributed by atoms with Gasteiger partial charge in [0.25, 0.3) is 0 Å². The highest BCUT2D eigenvalue weighted by Gasteiger charge is 2.15. The lowest BCUT2D eigenvalue weighted by Crippen LogP contribution is -2.26. The van der Waals surface area contributed by atoms with Gasteiger partial charge in [0, 0.05) is 12.1 Å². The van der Waals surface area contributed by atoms with E-state index in [-0.39, 0.29) is 17.2 Å². The summed E-state index contributed by atoms with van der Waals surface area (Å²) in [7, 11) is -0.547. The minimum Gasteiger partial charge on any atom is -0.493 e. The van der Waals surface area contributed by atoms with E-state index >= 15 is 0 Å². The molecule has 7 heteroatoms. The Bertz CT molecular complexity index is 844. The summed E-state index contributed by atoms with van der Waals surface area (Å²) in [6.45, 7) is 1.64. The van der Waals surface area contributed by atoms with Crippen LogP contribution < -0.4 is 14.2 Å². The fourth-order valence-electron chi connectivity index (χ4n) is 2.42. The largest absolute Gasteiger partial charge is 0.493 e. The molecular formula is C18H21NO5S. The van der Waals surface area contributed by atoms with Crippen molar-refractivity contribution < 1.29 is 22.7 Å². The Kier molecular flexibility index (Phi) is 6.17. The highest BCUT2D eigenvalue weighted by atomic mass is 32.2. The third-order valence-corrected chi connectivity index (χ3v) is 5.22. The molecular weight excluding hydrogens is 342 g/mol. The number of carbonyl (C=O) groups is 1. The van der Waals surface area contributed by atoms with Crippen molar-refractivity contribution in [1.82, 2.24) is 4.72 Å². The summed E-state index contributed by atoms with van der Waals surface area (Å²) < 4.78 is 37.8. The number of hydrogen-bond donors (Lipinski definition) is 1. The molecule has 0 radical (unpaired) electrons. The predicted octanol–water partition coefficient (Wildman–Crippen LogP) is 2.43. The molecule has 0 aromatic heterocycles. The van der Waals surface area contributed by atoms with Crippen LogP contribution in [0.15, 0.2) is 47.4 Å². The van der Waals surface area contributed by atoms with Crippen LogP contribution in [-0.4, -0.2) is 35.0 Å². The summed E-state index contributed by atoms with van der Waals surface area (Å²) in [5.41, 5.74) is 1.32. The first-order chi connectivity index (χ1) is 11.9. The molecule has 0 amide bonds. The molecule has 134 valence electrons. The third-order valence-electron chi connectivity index (χ3n) is 3.74. The summed E-state index contributed by atoms with van der Waals surface area (Å²) in [4.78, 5) is 11.4. The van der Waals surface area contributed by atoms with Gasteiger partial charge in [-0.05, 0) is 37.1 Å². The minimum atomic E-state index is -3.64. The van der Waals surface area contributed by atoms with Gasteiger partial charge in [-0.3, -0.25) is 4.79 Å². The van der Waals surface area contributed by atoms with Crippen LogP contribution in [0.2, 0.25) is 0 Å². The smallest absolute Gasteiger partial charge is 0.240 e. The maximum atomic E-state index is 12.3. The Morgan fingerprint density at radius 3 is 2.28 bits per heavy atom. The van der Waals surface area contributed by atoms with Gasteiger partial charge in [-0.25, -0.2) is 13.1 Å². The highest BCUT2D eigenvalue weighted by Crippen LogP contribution is 2.30. The Hall–Kier alpha value is -2.38. The first-order valence-electron chi connectivity index (χ1n) is 7.69. The summed E-state index contributed by atoms with van der Waals surface area (Å²) in [5, 5.41) is 0. The number of para-hydroxylation sites is 1. The molecule has 0 aliphatic rings. The van der Waals surface area contributed by atoms with Crippen molar-refractivity contribution in [3.05, 3.63) is 53.6 Å². The van der Waals surface area contributed by atoms with Crippen LogP contribution in [0.5, 0.6) is 11.5 Å². The van der Waals surface area contributed by atoms with Crippen LogP contribution in [-0.2, 0) is 16.4 Å². The van der Waals surface area contributed by atoms with Gasteiger partial charge in [-0.2, -0.15) is 0 Å². The van der Waals surface area contributed by atoms with Crippen molar-refractivity contribution in [3.63, 3.8) is 0 Å². The third kappa shape index (κ3) is 4.58. The van der Waals surface area contributed by atoms with E-state index in [0.717, 1.165) is 5.56 Å². The molecule has 0 unspecified atom stereocenters. The first-order valence-corrected chi connectivity index (χ1v) is 9.18. The molecule has 2 aromatic carbocycles. The van der Waals surface area contributed by atoms with Crippen molar-refractivity contribution in [3.8, 4) is 11.5 Å². The quantitative estimate of drug-likeness (QED) is 0.729. The zero-order chi connectivity index (χ0) is 18.4. The summed E-state index contributed by atoms with van der Waals surface area (Å²) >= 11 is 0. The molecule has 0 saturated heterocycles. The number of nitrogens with one attached hydrogen (secondary N) is 1. The van der Waals surface area contributed by atoms with Crippen molar-refractivity contribution in [2.24, 2.45) is 0 Å². The standard InChI is InChI=1S/C18H21NO5S/c1-13(20)14-7-9-16(10-8-14)25(21,22)19-12-11-15-5-4-6-17(23-2)18(15)24-3/h4-10,19H,11-12H2,1-3H3. The number of carbonyl (C=O) groups excluding carboxylic acids is 1. The van der Waals surface area contributed by atoms with Gasteiger partial charge >= 0.3 is 0 Å². The molecule has 0 saturated carbocycles. The van der Waals surface area contributed by atoms with Gasteiger partial charge in [0.15, 0.2) is 17.3 Å². The zero-order valence-electron chi connectivity index (χ0n) is 14.4. The molecule has 0 atom stereocenters. The number of hydrogen-bond acceptors (Lipinski definition) is 5. The zero-order valence-corrected chi connectivity index (χ0v) is 15.2. The maximum Gasteiger partial charge on any atom is 0.240 e. The highest BCUT2D eigenvalue weighted by molar-refractivity contribution is 7.89. The van der Waals surface area contributed by atoms with E-state index in [1.54, 1.807) is 20.3 Å². The number of ketones is 1. The molecule has 2 rings (SSSR count). The average Bonchev–Trinajstić information content (AvgIpc) is 2.61. The van der Waals surface area contributed by atoms with E-state index in [1.807, 2.05) is 12.1 Å². The molecule has 0 aliphatic heterocycles. The van der Waals surface area contributed by atoms with Gasteiger partial charge in [0.05, 0.1) is 19.1 Å². The number of rotatable bonds is 8. The molecule has 0 bridgehead atoms. The van der Waals surface area contributed by atoms with Crippen LogP contribution in [0, 0.1) is 0 Å². The Labute approximate surface area is 147 Å². The second kappa shape index (κ2) is 8.13. The Morgan fingerprint density at radius 1 is 1.04 bits per heavy atom. The van der Waals surface area contributed by atoms with Crippen LogP contribution in [0.25, 0.3) is 0 Å². The van der Waals surface area contributed by atoms with Crippen molar-refractivity contribution >= 4 is 15.8 Å². The van der Waals surface area contributed by atoms with Crippen LogP contribution in [0.3, 0.4) is 0 Å². The van der Waals surface area contributed by atoms with Gasteiger partial charge in [0.1, 0.15) is 0 Å². The fraction of sp³-hybridized carbons (Fsp3) is 0.278. The van der Waals surface area contributed by atoms with Gasteiger partial charge < -0.3 is 9.47 Å². The number of Topliss-reactive ketones (excluding diaryl/α,β-unsaturated/α-hetero) is 1. The number of methoxy groups -OCH3 is 2. The van der Waals surface area contributed by atoms with Crippen molar-refractivity contribution in [2.45, 2.75) is 18.2 Å². The fourth-order valence-corrected chi connectivity index (χ4v) is 3.45. The SMILES string of the molecule is COc1cccc(CCNS(=O)(=O)c2ccc(C(C)=O)cc2)c1OC. The van der Waals surface area contributed by atoms with Gasteiger partial charge in [-0.15, -0.1) is 0 Å². The maximum absolute atomic E-state index is 12.3. The number of ether oxygens (including phenoxy) is 2. The molecule has 2 aromatic rings. The van der Waals surface area contributed by atoms with E-state index in [2.05, 4.69) is 4.72 Å². The second-order valence-electron chi connectivity index (χ2n) is 5.38. The summed E-state index contributed by atoms with van der Waals surface area (Å²) in [5.74, 6) is 1.08. The Morgan fingerprint density at radius 2 is 1.72 bits per heavy atom. The van der Waals surface area contributed by atoms with E-state index in [9.17, 15) is 13.2 Å². The monoisotopic (exact) mass is 363 g/mol. The molecule has 0 heterocycles. The molecule has 25 heavy (non-hydrogen) atoms. The topological polar surface area (TPSA) is 81.7 Å². The van der Waals surface area contributed by atoms with E-state index in [0.29, 0.717) is 23.5 Å². The Balaban J connectivity index is 2.07. The lowest BCUT2D eigenvalue weighted by molar-refractivity contribution is 0.101. The minimum absolute atomic E-state index is 0.109. The van der Waals surface area contributed by atoms with Crippen molar-refractivity contribution in [2.75, 3.05) is 20.8 Å². The van der Waals surface area contributed by atoms with Crippen molar-refractivity contribution in [1.29, 1.82) is 0 Å². The van der Waals surface area contributed by atoms with Crippen LogP contribution >= 0.6 is 0 Å². The van der Waals surface area contributed by atoms with Gasteiger partial charge in [-0.1, -0.05) is 24.3 Å². The average molecular weight is 363 g/mol. The van der Waals surface area contributed by atoms with Gasteiger partial charge in [0.2, 0.25) is 10.0 Å². The molecule has 1 N–H and O–H groups in total. The van der Waals surface area contributed by atoms with Crippen LogP contribution in [0.4, 0.5) is 0 Å². The molecule has 0 fully saturated rings. The number of sulfonamides is 1. The first kappa shape index (κ1) is 19.0. The molecule has 0 spiro atoms. The normalized spacial score (nSPS) is 11.2. The van der Waals surface area contributed by atoms with E-state index < -0.39 is 10.0 Å². The number of benzene rings is 2.